The van der Waals surface area contributed by atoms with Crippen LogP contribution in [0, 0.1) is 0 Å². The lowest BCUT2D eigenvalue weighted by Crippen LogP contribution is -1.97. The molecule has 4 aromatic rings. The normalized spacial score (nSPS) is 12.3. The van der Waals surface area contributed by atoms with Crippen molar-refractivity contribution in [3.05, 3.63) is 84.9 Å². The van der Waals surface area contributed by atoms with Crippen molar-refractivity contribution in [3.63, 3.8) is 0 Å². The summed E-state index contributed by atoms with van der Waals surface area (Å²) in [5.41, 5.74) is 0. The van der Waals surface area contributed by atoms with Crippen molar-refractivity contribution in [2.24, 2.45) is 0 Å². The average Bonchev–Trinajstić information content (AvgIpc) is 2.67. The molecular weight excluding hydrogens is 400 g/mol. The predicted molar refractivity (Wildman–Crippen MR) is 108 cm³/mol. The summed E-state index contributed by atoms with van der Waals surface area (Å²) in [7, 11) is -8.41. The standard InChI is InChI=1S/2C10H8O3S/c2*11-14(12,13)10-6-5-8-3-1-2-4-9(8)7-10/h2*1-7H,(H,11,12,13)/i7D;. The predicted octanol–water partition coefficient (Wildman–Crippen LogP) is 4.17. The first-order valence-corrected chi connectivity index (χ1v) is 10.9. The van der Waals surface area contributed by atoms with E-state index in [0.717, 1.165) is 16.2 Å². The number of fused-ring (bicyclic) bond motifs is 2. The molecule has 8 heteroatoms. The molecule has 0 bridgehead atoms. The third-order valence-corrected chi connectivity index (χ3v) is 5.57. The molecule has 0 aliphatic carbocycles. The van der Waals surface area contributed by atoms with E-state index in [1.807, 2.05) is 18.2 Å². The highest BCUT2D eigenvalue weighted by atomic mass is 32.2. The van der Waals surface area contributed by atoms with Gasteiger partial charge in [-0.1, -0.05) is 60.7 Å². The summed E-state index contributed by atoms with van der Waals surface area (Å²) in [6.45, 7) is 0. The molecule has 0 aromatic heterocycles. The molecule has 0 amide bonds. The van der Waals surface area contributed by atoms with Crippen LogP contribution in [0.5, 0.6) is 0 Å². The molecule has 0 spiro atoms. The summed E-state index contributed by atoms with van der Waals surface area (Å²) in [6.07, 6.45) is 0. The summed E-state index contributed by atoms with van der Waals surface area (Å²) in [6, 6.07) is 21.4. The minimum absolute atomic E-state index is 0.0730. The molecule has 0 aliphatic heterocycles. The second kappa shape index (κ2) is 7.69. The molecule has 0 saturated carbocycles. The van der Waals surface area contributed by atoms with E-state index in [1.54, 1.807) is 42.5 Å². The minimum atomic E-state index is -4.31. The Hall–Kier alpha value is -2.78. The van der Waals surface area contributed by atoms with Crippen molar-refractivity contribution in [1.82, 2.24) is 0 Å². The van der Waals surface area contributed by atoms with Crippen molar-refractivity contribution >= 4 is 41.8 Å². The summed E-state index contributed by atoms with van der Waals surface area (Å²) in [4.78, 5) is -0.433. The first kappa shape index (κ1) is 18.6. The number of hydrogen-bond donors (Lipinski definition) is 2. The SMILES string of the molecule is O=S(=O)(O)c1ccc2ccccc2c1.[2H]c1c(S(=O)(=O)O)ccc2ccccc12. The lowest BCUT2D eigenvalue weighted by molar-refractivity contribution is 0.481. The third-order valence-electron chi connectivity index (χ3n) is 3.93. The maximum absolute atomic E-state index is 10.9. The van der Waals surface area contributed by atoms with Gasteiger partial charge in [0.1, 0.15) is 0 Å². The molecule has 0 radical (unpaired) electrons. The second-order valence-corrected chi connectivity index (χ2v) is 8.68. The molecule has 0 fully saturated rings. The van der Waals surface area contributed by atoms with Gasteiger partial charge in [-0.15, -0.1) is 0 Å². The van der Waals surface area contributed by atoms with E-state index in [0.29, 0.717) is 5.39 Å². The van der Waals surface area contributed by atoms with Crippen LogP contribution in [0.4, 0.5) is 0 Å². The van der Waals surface area contributed by atoms with Gasteiger partial charge in [0.25, 0.3) is 20.2 Å². The van der Waals surface area contributed by atoms with Crippen LogP contribution in [0.1, 0.15) is 1.37 Å². The molecular formula is C20H16O6S2. The Labute approximate surface area is 164 Å². The molecule has 0 atom stereocenters. The Bertz CT molecular complexity index is 1410. The Kier molecular flexibility index (Phi) is 5.10. The lowest BCUT2D eigenvalue weighted by atomic mass is 10.1. The average molecular weight is 417 g/mol. The van der Waals surface area contributed by atoms with Crippen LogP contribution in [-0.2, 0) is 20.2 Å². The summed E-state index contributed by atoms with van der Waals surface area (Å²) in [5, 5.41) is 3.02. The molecule has 0 saturated heterocycles. The fourth-order valence-electron chi connectivity index (χ4n) is 2.57. The zero-order valence-corrected chi connectivity index (χ0v) is 16.0. The molecule has 4 rings (SSSR count). The monoisotopic (exact) mass is 417 g/mol. The maximum Gasteiger partial charge on any atom is 0.294 e. The fourth-order valence-corrected chi connectivity index (χ4v) is 3.57. The van der Waals surface area contributed by atoms with Crippen molar-refractivity contribution in [2.75, 3.05) is 0 Å². The van der Waals surface area contributed by atoms with Crippen LogP contribution in [0.25, 0.3) is 21.5 Å². The summed E-state index contributed by atoms with van der Waals surface area (Å²) in [5.74, 6) is 0. The zero-order chi connectivity index (χ0) is 21.2. The highest BCUT2D eigenvalue weighted by Gasteiger charge is 2.09. The molecule has 144 valence electrons. The van der Waals surface area contributed by atoms with Gasteiger partial charge in [0.05, 0.1) is 11.2 Å². The molecule has 6 nitrogen and oxygen atoms in total. The van der Waals surface area contributed by atoms with Gasteiger partial charge in [-0.3, -0.25) is 9.11 Å². The summed E-state index contributed by atoms with van der Waals surface area (Å²) < 4.78 is 68.9. The van der Waals surface area contributed by atoms with Crippen molar-refractivity contribution < 1.29 is 27.3 Å². The quantitative estimate of drug-likeness (QED) is 0.474. The smallest absolute Gasteiger partial charge is 0.282 e. The number of rotatable bonds is 2. The highest BCUT2D eigenvalue weighted by molar-refractivity contribution is 7.86. The Balaban J connectivity index is 0.000000166. The van der Waals surface area contributed by atoms with Gasteiger partial charge in [-0.25, -0.2) is 0 Å². The first-order valence-electron chi connectivity index (χ1n) is 8.49. The molecule has 0 aliphatic rings. The van der Waals surface area contributed by atoms with Crippen LogP contribution < -0.4 is 0 Å². The van der Waals surface area contributed by atoms with Gasteiger partial charge in [-0.2, -0.15) is 16.8 Å². The van der Waals surface area contributed by atoms with Crippen LogP contribution >= 0.6 is 0 Å². The lowest BCUT2D eigenvalue weighted by Gasteiger charge is -1.99. The van der Waals surface area contributed by atoms with Gasteiger partial charge >= 0.3 is 0 Å². The van der Waals surface area contributed by atoms with Gasteiger partial charge < -0.3 is 0 Å². The third kappa shape index (κ3) is 4.73. The highest BCUT2D eigenvalue weighted by Crippen LogP contribution is 2.19. The largest absolute Gasteiger partial charge is 0.294 e. The maximum atomic E-state index is 10.9. The van der Waals surface area contributed by atoms with E-state index in [1.165, 1.54) is 18.2 Å². The van der Waals surface area contributed by atoms with E-state index < -0.39 is 20.2 Å². The number of hydrogen-bond acceptors (Lipinski definition) is 4. The molecule has 0 unspecified atom stereocenters. The minimum Gasteiger partial charge on any atom is -0.282 e. The summed E-state index contributed by atoms with van der Waals surface area (Å²) >= 11 is 0. The fraction of sp³-hybridized carbons (Fsp3) is 0. The van der Waals surface area contributed by atoms with Crippen LogP contribution in [0.2, 0.25) is 0 Å². The first-order chi connectivity index (χ1) is 13.6. The van der Waals surface area contributed by atoms with Crippen molar-refractivity contribution in [2.45, 2.75) is 9.79 Å². The van der Waals surface area contributed by atoms with Gasteiger partial charge in [0.15, 0.2) is 0 Å². The molecule has 28 heavy (non-hydrogen) atoms. The zero-order valence-electron chi connectivity index (χ0n) is 15.3. The molecule has 4 aromatic carbocycles. The topological polar surface area (TPSA) is 109 Å². The number of benzene rings is 4. The van der Waals surface area contributed by atoms with Gasteiger partial charge in [0, 0.05) is 0 Å². The molecule has 0 heterocycles. The second-order valence-electron chi connectivity index (χ2n) is 5.87. The van der Waals surface area contributed by atoms with E-state index in [2.05, 4.69) is 0 Å². The van der Waals surface area contributed by atoms with Crippen LogP contribution in [0.3, 0.4) is 0 Å². The van der Waals surface area contributed by atoms with E-state index in [-0.39, 0.29) is 15.8 Å². The Morgan fingerprint density at radius 2 is 1.00 bits per heavy atom. The molecule has 2 N–H and O–H groups in total. The van der Waals surface area contributed by atoms with E-state index in [9.17, 15) is 16.8 Å². The van der Waals surface area contributed by atoms with Crippen molar-refractivity contribution in [3.8, 4) is 0 Å². The van der Waals surface area contributed by atoms with Gasteiger partial charge in [-0.05, 0) is 45.8 Å². The van der Waals surface area contributed by atoms with Crippen LogP contribution in [0.15, 0.2) is 94.7 Å². The van der Waals surface area contributed by atoms with Gasteiger partial charge in [0.2, 0.25) is 0 Å². The van der Waals surface area contributed by atoms with E-state index in [4.69, 9.17) is 10.5 Å². The van der Waals surface area contributed by atoms with E-state index >= 15 is 0 Å². The van der Waals surface area contributed by atoms with Crippen molar-refractivity contribution in [1.29, 1.82) is 0 Å². The Morgan fingerprint density at radius 1 is 0.571 bits per heavy atom. The Morgan fingerprint density at radius 3 is 1.54 bits per heavy atom. The van der Waals surface area contributed by atoms with Crippen LogP contribution in [-0.4, -0.2) is 25.9 Å².